The van der Waals surface area contributed by atoms with Gasteiger partial charge in [-0.3, -0.25) is 4.79 Å². The van der Waals surface area contributed by atoms with Crippen LogP contribution in [-0.2, 0) is 23.1 Å². The number of hydrogen-bond acceptors (Lipinski definition) is 4. The molecule has 0 fully saturated rings. The van der Waals surface area contributed by atoms with Crippen molar-refractivity contribution in [1.82, 2.24) is 4.57 Å². The quantitative estimate of drug-likeness (QED) is 0.367. The third kappa shape index (κ3) is 3.47. The number of benzene rings is 3. The number of para-hydroxylation sites is 1. The molecule has 0 unspecified atom stereocenters. The summed E-state index contributed by atoms with van der Waals surface area (Å²) in [7, 11) is -4.15. The molecule has 0 atom stereocenters. The Balaban J connectivity index is 1.82. The van der Waals surface area contributed by atoms with Crippen LogP contribution in [-0.4, -0.2) is 13.0 Å². The largest absolute Gasteiger partial charge is 0.377 e. The first kappa shape index (κ1) is 20.0. The van der Waals surface area contributed by atoms with Gasteiger partial charge in [-0.1, -0.05) is 58.4 Å². The molecule has 2 heterocycles. The van der Waals surface area contributed by atoms with Crippen molar-refractivity contribution < 1.29 is 12.6 Å². The fourth-order valence-electron chi connectivity index (χ4n) is 4.11. The van der Waals surface area contributed by atoms with Gasteiger partial charge in [0.05, 0.1) is 11.1 Å². The van der Waals surface area contributed by atoms with Gasteiger partial charge in [0.15, 0.2) is 5.75 Å². The highest BCUT2D eigenvalue weighted by atomic mass is 79.9. The van der Waals surface area contributed by atoms with E-state index in [-0.39, 0.29) is 21.8 Å². The summed E-state index contributed by atoms with van der Waals surface area (Å²) in [6, 6.07) is 21.0. The van der Waals surface area contributed by atoms with Gasteiger partial charge in [0, 0.05) is 16.4 Å². The van der Waals surface area contributed by atoms with Crippen molar-refractivity contribution in [3.05, 3.63) is 93.2 Å². The summed E-state index contributed by atoms with van der Waals surface area (Å²) < 4.78 is 34.6. The van der Waals surface area contributed by atoms with E-state index in [2.05, 4.69) is 15.9 Å². The zero-order chi connectivity index (χ0) is 21.6. The molecule has 0 saturated carbocycles. The minimum Gasteiger partial charge on any atom is -0.377 e. The van der Waals surface area contributed by atoms with Crippen LogP contribution in [0.4, 0.5) is 0 Å². The van der Waals surface area contributed by atoms with Crippen LogP contribution in [0.2, 0.25) is 0 Å². The minimum absolute atomic E-state index is 0.0234. The van der Waals surface area contributed by atoms with Crippen molar-refractivity contribution in [3.8, 4) is 16.9 Å². The van der Waals surface area contributed by atoms with Gasteiger partial charge in [-0.25, -0.2) is 0 Å². The van der Waals surface area contributed by atoms with Crippen molar-refractivity contribution >= 4 is 37.0 Å². The van der Waals surface area contributed by atoms with Gasteiger partial charge in [-0.2, -0.15) is 8.42 Å². The van der Waals surface area contributed by atoms with Crippen molar-refractivity contribution in [2.75, 3.05) is 0 Å². The number of halogens is 1. The highest BCUT2D eigenvalue weighted by Gasteiger charge is 2.27. The molecule has 5 nitrogen and oxygen atoms in total. The first-order chi connectivity index (χ1) is 15.0. The van der Waals surface area contributed by atoms with Gasteiger partial charge < -0.3 is 8.75 Å². The number of aromatic nitrogens is 1. The Morgan fingerprint density at radius 3 is 2.39 bits per heavy atom. The Hall–Kier alpha value is -2.90. The molecule has 1 aliphatic heterocycles. The summed E-state index contributed by atoms with van der Waals surface area (Å²) in [5.74, 6) is 0.0779. The number of nitrogens with zero attached hydrogens (tertiary/aromatic N) is 1. The van der Waals surface area contributed by atoms with Gasteiger partial charge in [0.1, 0.15) is 4.90 Å². The zero-order valence-corrected chi connectivity index (χ0v) is 18.8. The summed E-state index contributed by atoms with van der Waals surface area (Å²) in [4.78, 5) is 13.6. The van der Waals surface area contributed by atoms with Gasteiger partial charge in [-0.15, -0.1) is 0 Å². The van der Waals surface area contributed by atoms with E-state index in [0.29, 0.717) is 17.5 Å². The minimum atomic E-state index is -4.15. The van der Waals surface area contributed by atoms with Crippen molar-refractivity contribution in [3.63, 3.8) is 0 Å². The second kappa shape index (κ2) is 7.66. The average Bonchev–Trinajstić information content (AvgIpc) is 2.78. The Kier molecular flexibility index (Phi) is 4.95. The van der Waals surface area contributed by atoms with Crippen LogP contribution < -0.4 is 9.74 Å². The van der Waals surface area contributed by atoms with Crippen LogP contribution in [0.1, 0.15) is 12.0 Å². The van der Waals surface area contributed by atoms with Crippen LogP contribution >= 0.6 is 15.9 Å². The van der Waals surface area contributed by atoms with E-state index in [4.69, 9.17) is 4.18 Å². The lowest BCUT2D eigenvalue weighted by molar-refractivity contribution is 0.487. The Morgan fingerprint density at radius 2 is 1.65 bits per heavy atom. The van der Waals surface area contributed by atoms with Gasteiger partial charge in [-0.05, 0) is 54.3 Å². The number of aryl methyl sites for hydroxylation is 2. The first-order valence-corrected chi connectivity index (χ1v) is 12.1. The lowest BCUT2D eigenvalue weighted by atomic mass is 9.97. The average molecular weight is 496 g/mol. The molecule has 1 aromatic heterocycles. The van der Waals surface area contributed by atoms with Crippen LogP contribution in [0.3, 0.4) is 0 Å². The molecule has 4 aromatic rings. The molecular formula is C24H18BrNO4S. The van der Waals surface area contributed by atoms with Crippen LogP contribution in [0.15, 0.2) is 87.0 Å². The fraction of sp³-hybridized carbons (Fsp3) is 0.125. The summed E-state index contributed by atoms with van der Waals surface area (Å²) in [6.07, 6.45) is 1.69. The number of pyridine rings is 1. The van der Waals surface area contributed by atoms with E-state index in [1.54, 1.807) is 28.8 Å². The number of rotatable bonds is 4. The van der Waals surface area contributed by atoms with E-state index in [0.717, 1.165) is 28.4 Å². The van der Waals surface area contributed by atoms with Gasteiger partial charge in [0.25, 0.3) is 5.56 Å². The van der Waals surface area contributed by atoms with Gasteiger partial charge >= 0.3 is 10.1 Å². The molecular weight excluding hydrogens is 478 g/mol. The molecule has 5 rings (SSSR count). The first-order valence-electron chi connectivity index (χ1n) is 9.89. The summed E-state index contributed by atoms with van der Waals surface area (Å²) in [5, 5.41) is 0.622. The second-order valence-electron chi connectivity index (χ2n) is 7.44. The molecule has 0 amide bonds. The lowest BCUT2D eigenvalue weighted by Crippen LogP contribution is -2.27. The topological polar surface area (TPSA) is 65.4 Å². The van der Waals surface area contributed by atoms with Crippen molar-refractivity contribution in [1.29, 1.82) is 0 Å². The van der Waals surface area contributed by atoms with Crippen molar-refractivity contribution in [2.24, 2.45) is 0 Å². The predicted molar refractivity (Wildman–Crippen MR) is 124 cm³/mol. The Bertz CT molecular complexity index is 1460. The highest BCUT2D eigenvalue weighted by molar-refractivity contribution is 9.10. The third-order valence-corrected chi connectivity index (χ3v) is 7.27. The van der Waals surface area contributed by atoms with Crippen LogP contribution in [0, 0.1) is 0 Å². The predicted octanol–water partition coefficient (Wildman–Crippen LogP) is 5.14. The van der Waals surface area contributed by atoms with Crippen LogP contribution in [0.5, 0.6) is 5.75 Å². The van der Waals surface area contributed by atoms with E-state index in [9.17, 15) is 13.2 Å². The summed E-state index contributed by atoms with van der Waals surface area (Å²) in [5.41, 5.74) is 2.40. The molecule has 31 heavy (non-hydrogen) atoms. The van der Waals surface area contributed by atoms with E-state index < -0.39 is 10.1 Å². The molecule has 0 aliphatic carbocycles. The third-order valence-electron chi connectivity index (χ3n) is 5.51. The number of hydrogen-bond donors (Lipinski definition) is 0. The maximum absolute atomic E-state index is 13.6. The zero-order valence-electron chi connectivity index (χ0n) is 16.4. The van der Waals surface area contributed by atoms with Gasteiger partial charge in [0.2, 0.25) is 0 Å². The second-order valence-corrected chi connectivity index (χ2v) is 9.90. The molecule has 7 heteroatoms. The molecule has 3 aromatic carbocycles. The maximum Gasteiger partial charge on any atom is 0.339 e. The summed E-state index contributed by atoms with van der Waals surface area (Å²) >= 11 is 3.31. The fourth-order valence-corrected chi connectivity index (χ4v) is 5.33. The monoisotopic (exact) mass is 495 g/mol. The van der Waals surface area contributed by atoms with E-state index in [1.807, 2.05) is 36.4 Å². The summed E-state index contributed by atoms with van der Waals surface area (Å²) in [6.45, 7) is 0.589. The molecule has 1 aliphatic rings. The lowest BCUT2D eigenvalue weighted by Gasteiger charge is -2.23. The van der Waals surface area contributed by atoms with Crippen LogP contribution in [0.25, 0.3) is 22.0 Å². The Morgan fingerprint density at radius 1 is 0.903 bits per heavy atom. The van der Waals surface area contributed by atoms with E-state index >= 15 is 0 Å². The standard InChI is InChI=1S/C24H18BrNO4S/c25-18-11-13-19(14-12-18)31(28,29)30-23-20-10-4-8-17-9-5-15-26(22(17)20)24(27)21(23)16-6-2-1-3-7-16/h1-4,6-8,10-14H,5,9,15H2. The van der Waals surface area contributed by atoms with E-state index in [1.165, 1.54) is 12.1 Å². The highest BCUT2D eigenvalue weighted by Crippen LogP contribution is 2.38. The smallest absolute Gasteiger partial charge is 0.339 e. The molecule has 0 radical (unpaired) electrons. The molecule has 0 bridgehead atoms. The molecule has 156 valence electrons. The molecule has 0 saturated heterocycles. The Labute approximate surface area is 188 Å². The maximum atomic E-state index is 13.6. The molecule has 0 spiro atoms. The van der Waals surface area contributed by atoms with Crippen molar-refractivity contribution in [2.45, 2.75) is 24.3 Å². The normalized spacial score (nSPS) is 13.3. The SMILES string of the molecule is O=c1c(-c2ccccc2)c(OS(=O)(=O)c2ccc(Br)cc2)c2cccc3c2n1CCC3. The molecule has 0 N–H and O–H groups in total.